The van der Waals surface area contributed by atoms with Crippen LogP contribution in [-0.4, -0.2) is 25.9 Å². The standard InChI is InChI=1S/C18H21NO3S/c1-4-13-7-5-6-8-15(13)19-18(20)12-23-14-9-10-16(21-2)17(11-14)22-3/h5-11H,4,12H2,1-3H3,(H,19,20). The molecule has 2 aromatic carbocycles. The highest BCUT2D eigenvalue weighted by Crippen LogP contribution is 2.31. The zero-order valence-corrected chi connectivity index (χ0v) is 14.4. The molecule has 0 aliphatic rings. The maximum atomic E-state index is 12.1. The van der Waals surface area contributed by atoms with E-state index < -0.39 is 0 Å². The molecule has 0 aromatic heterocycles. The van der Waals surface area contributed by atoms with Crippen LogP contribution < -0.4 is 14.8 Å². The van der Waals surface area contributed by atoms with Crippen LogP contribution in [-0.2, 0) is 11.2 Å². The second kappa shape index (κ2) is 8.48. The van der Waals surface area contributed by atoms with Crippen molar-refractivity contribution in [3.05, 3.63) is 48.0 Å². The number of thioether (sulfide) groups is 1. The molecule has 0 fully saturated rings. The van der Waals surface area contributed by atoms with Crippen molar-refractivity contribution in [2.24, 2.45) is 0 Å². The number of amides is 1. The Kier molecular flexibility index (Phi) is 6.35. The molecule has 0 aliphatic heterocycles. The Labute approximate surface area is 141 Å². The van der Waals surface area contributed by atoms with Crippen molar-refractivity contribution in [3.63, 3.8) is 0 Å². The highest BCUT2D eigenvalue weighted by Gasteiger charge is 2.09. The van der Waals surface area contributed by atoms with Gasteiger partial charge >= 0.3 is 0 Å². The first kappa shape index (κ1) is 17.2. The number of carbonyl (C=O) groups is 1. The molecule has 5 heteroatoms. The van der Waals surface area contributed by atoms with Crippen LogP contribution in [0.4, 0.5) is 5.69 Å². The molecule has 2 rings (SSSR count). The third kappa shape index (κ3) is 4.66. The van der Waals surface area contributed by atoms with Crippen LogP contribution in [0.25, 0.3) is 0 Å². The Morgan fingerprint density at radius 2 is 1.83 bits per heavy atom. The number of ether oxygens (including phenoxy) is 2. The topological polar surface area (TPSA) is 47.6 Å². The molecule has 0 saturated carbocycles. The smallest absolute Gasteiger partial charge is 0.234 e. The average molecular weight is 331 g/mol. The zero-order chi connectivity index (χ0) is 16.7. The lowest BCUT2D eigenvalue weighted by atomic mass is 10.1. The molecule has 0 saturated heterocycles. The lowest BCUT2D eigenvalue weighted by Crippen LogP contribution is -2.15. The molecular weight excluding hydrogens is 310 g/mol. The second-order valence-electron chi connectivity index (χ2n) is 4.86. The van der Waals surface area contributed by atoms with Gasteiger partial charge in [0.15, 0.2) is 11.5 Å². The zero-order valence-electron chi connectivity index (χ0n) is 13.6. The maximum Gasteiger partial charge on any atom is 0.234 e. The molecule has 2 aromatic rings. The van der Waals surface area contributed by atoms with Gasteiger partial charge in [-0.25, -0.2) is 0 Å². The number of benzene rings is 2. The fraction of sp³-hybridized carbons (Fsp3) is 0.278. The van der Waals surface area contributed by atoms with E-state index in [0.717, 1.165) is 22.6 Å². The first-order valence-corrected chi connectivity index (χ1v) is 8.39. The van der Waals surface area contributed by atoms with Crippen LogP contribution in [0.1, 0.15) is 12.5 Å². The molecule has 23 heavy (non-hydrogen) atoms. The number of hydrogen-bond acceptors (Lipinski definition) is 4. The maximum absolute atomic E-state index is 12.1. The van der Waals surface area contributed by atoms with Gasteiger partial charge in [0.25, 0.3) is 0 Å². The minimum Gasteiger partial charge on any atom is -0.493 e. The van der Waals surface area contributed by atoms with E-state index in [1.54, 1.807) is 14.2 Å². The van der Waals surface area contributed by atoms with E-state index in [4.69, 9.17) is 9.47 Å². The lowest BCUT2D eigenvalue weighted by molar-refractivity contribution is -0.113. The summed E-state index contributed by atoms with van der Waals surface area (Å²) in [7, 11) is 3.20. The summed E-state index contributed by atoms with van der Waals surface area (Å²) in [5, 5.41) is 2.97. The van der Waals surface area contributed by atoms with E-state index in [2.05, 4.69) is 12.2 Å². The van der Waals surface area contributed by atoms with Crippen molar-refractivity contribution >= 4 is 23.4 Å². The Balaban J connectivity index is 1.96. The van der Waals surface area contributed by atoms with Crippen molar-refractivity contribution in [3.8, 4) is 11.5 Å². The average Bonchev–Trinajstić information content (AvgIpc) is 2.60. The van der Waals surface area contributed by atoms with Crippen molar-refractivity contribution in [1.82, 2.24) is 0 Å². The molecule has 1 amide bonds. The molecule has 122 valence electrons. The molecule has 0 aliphatic carbocycles. The van der Waals surface area contributed by atoms with Crippen LogP contribution in [0.2, 0.25) is 0 Å². The van der Waals surface area contributed by atoms with Gasteiger partial charge in [0.1, 0.15) is 0 Å². The van der Waals surface area contributed by atoms with Gasteiger partial charge < -0.3 is 14.8 Å². The van der Waals surface area contributed by atoms with Crippen LogP contribution in [0.5, 0.6) is 11.5 Å². The molecular formula is C18H21NO3S. The molecule has 1 N–H and O–H groups in total. The fourth-order valence-electron chi connectivity index (χ4n) is 2.19. The van der Waals surface area contributed by atoms with Crippen LogP contribution in [0.3, 0.4) is 0 Å². The summed E-state index contributed by atoms with van der Waals surface area (Å²) in [5.41, 5.74) is 2.02. The van der Waals surface area contributed by atoms with Crippen molar-refractivity contribution in [1.29, 1.82) is 0 Å². The van der Waals surface area contributed by atoms with E-state index in [-0.39, 0.29) is 5.91 Å². The Bertz CT molecular complexity index is 673. The summed E-state index contributed by atoms with van der Waals surface area (Å²) in [6.07, 6.45) is 0.888. The third-order valence-corrected chi connectivity index (χ3v) is 4.39. The summed E-state index contributed by atoms with van der Waals surface area (Å²) in [6.45, 7) is 2.07. The summed E-state index contributed by atoms with van der Waals surface area (Å²) >= 11 is 1.46. The molecule has 0 heterocycles. The van der Waals surface area contributed by atoms with E-state index in [0.29, 0.717) is 17.3 Å². The molecule has 0 spiro atoms. The SMILES string of the molecule is CCc1ccccc1NC(=O)CSc1ccc(OC)c(OC)c1. The number of carbonyl (C=O) groups excluding carboxylic acids is 1. The Hall–Kier alpha value is -2.14. The van der Waals surface area contributed by atoms with Gasteiger partial charge in [-0.05, 0) is 36.2 Å². The number of nitrogens with one attached hydrogen (secondary N) is 1. The fourth-order valence-corrected chi connectivity index (χ4v) is 2.92. The molecule has 4 nitrogen and oxygen atoms in total. The second-order valence-corrected chi connectivity index (χ2v) is 5.91. The predicted octanol–water partition coefficient (Wildman–Crippen LogP) is 4.00. The van der Waals surface area contributed by atoms with Gasteiger partial charge in [-0.15, -0.1) is 11.8 Å². The number of aryl methyl sites for hydroxylation is 1. The highest BCUT2D eigenvalue weighted by molar-refractivity contribution is 8.00. The minimum absolute atomic E-state index is 0.0225. The normalized spacial score (nSPS) is 10.2. The monoisotopic (exact) mass is 331 g/mol. The lowest BCUT2D eigenvalue weighted by Gasteiger charge is -2.11. The number of hydrogen-bond donors (Lipinski definition) is 1. The van der Waals surface area contributed by atoms with Crippen LogP contribution >= 0.6 is 11.8 Å². The largest absolute Gasteiger partial charge is 0.493 e. The van der Waals surface area contributed by atoms with Gasteiger partial charge in [0.2, 0.25) is 5.91 Å². The summed E-state index contributed by atoms with van der Waals surface area (Å²) in [6, 6.07) is 13.5. The number of methoxy groups -OCH3 is 2. The Morgan fingerprint density at radius 3 is 2.52 bits per heavy atom. The first-order chi connectivity index (χ1) is 11.2. The van der Waals surface area contributed by atoms with E-state index in [9.17, 15) is 4.79 Å². The van der Waals surface area contributed by atoms with E-state index in [1.165, 1.54) is 11.8 Å². The molecule has 0 radical (unpaired) electrons. The number of para-hydroxylation sites is 1. The third-order valence-electron chi connectivity index (χ3n) is 3.40. The quantitative estimate of drug-likeness (QED) is 0.779. The molecule has 0 unspecified atom stereocenters. The number of rotatable bonds is 7. The summed E-state index contributed by atoms with van der Waals surface area (Å²) in [4.78, 5) is 13.1. The van der Waals surface area contributed by atoms with Crippen molar-refractivity contribution in [2.75, 3.05) is 25.3 Å². The van der Waals surface area contributed by atoms with E-state index in [1.807, 2.05) is 42.5 Å². The van der Waals surface area contributed by atoms with Gasteiger partial charge in [-0.3, -0.25) is 4.79 Å². The first-order valence-electron chi connectivity index (χ1n) is 7.40. The Morgan fingerprint density at radius 1 is 1.09 bits per heavy atom. The van der Waals surface area contributed by atoms with Crippen molar-refractivity contribution < 1.29 is 14.3 Å². The summed E-state index contributed by atoms with van der Waals surface area (Å²) < 4.78 is 10.5. The highest BCUT2D eigenvalue weighted by atomic mass is 32.2. The summed E-state index contributed by atoms with van der Waals surface area (Å²) in [5.74, 6) is 1.66. The van der Waals surface area contributed by atoms with Crippen molar-refractivity contribution in [2.45, 2.75) is 18.2 Å². The van der Waals surface area contributed by atoms with Crippen LogP contribution in [0, 0.1) is 0 Å². The minimum atomic E-state index is -0.0225. The molecule has 0 atom stereocenters. The molecule has 0 bridgehead atoms. The van der Waals surface area contributed by atoms with Crippen LogP contribution in [0.15, 0.2) is 47.4 Å². The van der Waals surface area contributed by atoms with Gasteiger partial charge in [0, 0.05) is 10.6 Å². The van der Waals surface area contributed by atoms with Gasteiger partial charge in [-0.2, -0.15) is 0 Å². The number of anilines is 1. The van der Waals surface area contributed by atoms with Gasteiger partial charge in [-0.1, -0.05) is 25.1 Å². The predicted molar refractivity (Wildman–Crippen MR) is 94.7 cm³/mol. The van der Waals surface area contributed by atoms with Gasteiger partial charge in [0.05, 0.1) is 20.0 Å². The van der Waals surface area contributed by atoms with E-state index >= 15 is 0 Å².